The zero-order chi connectivity index (χ0) is 21.7. The molecule has 0 radical (unpaired) electrons. The molecule has 0 saturated carbocycles. The van der Waals surface area contributed by atoms with E-state index in [1.54, 1.807) is 27.7 Å². The largest absolute Gasteiger partial charge is 0.394 e. The summed E-state index contributed by atoms with van der Waals surface area (Å²) in [6.45, 7) is 6.01. The van der Waals surface area contributed by atoms with E-state index in [2.05, 4.69) is 5.32 Å². The van der Waals surface area contributed by atoms with Crippen LogP contribution in [-0.2, 0) is 27.2 Å². The van der Waals surface area contributed by atoms with Gasteiger partial charge in [-0.2, -0.15) is 0 Å². The summed E-state index contributed by atoms with van der Waals surface area (Å²) in [7, 11) is -6.93. The molecule has 0 aliphatic heterocycles. The molecule has 0 bridgehead atoms. The first kappa shape index (κ1) is 28.1. The topological polar surface area (TPSA) is 144 Å². The Bertz CT molecular complexity index is 442. The first-order chi connectivity index (χ1) is 13.2. The second kappa shape index (κ2) is 14.2. The minimum atomic E-state index is -3.47. The van der Waals surface area contributed by atoms with Crippen molar-refractivity contribution >= 4 is 15.2 Å². The van der Waals surface area contributed by atoms with Crippen LogP contribution in [0.1, 0.15) is 27.7 Å². The van der Waals surface area contributed by atoms with Gasteiger partial charge in [0.05, 0.1) is 64.1 Å². The highest BCUT2D eigenvalue weighted by molar-refractivity contribution is 7.55. The first-order valence-corrected chi connectivity index (χ1v) is 13.0. The fourth-order valence-electron chi connectivity index (χ4n) is 2.57. The highest BCUT2D eigenvalue weighted by atomic mass is 31.2. The van der Waals surface area contributed by atoms with Gasteiger partial charge in [0, 0.05) is 0 Å². The maximum atomic E-state index is 13.0. The summed E-state index contributed by atoms with van der Waals surface area (Å²) >= 11 is 0. The van der Waals surface area contributed by atoms with Crippen molar-refractivity contribution in [2.45, 2.75) is 33.2 Å². The third-order valence-corrected chi connectivity index (χ3v) is 8.47. The minimum Gasteiger partial charge on any atom is -0.394 e. The van der Waals surface area contributed by atoms with E-state index in [1.165, 1.54) is 0 Å². The van der Waals surface area contributed by atoms with Crippen LogP contribution in [-0.4, -0.2) is 86.0 Å². The molecule has 0 aromatic carbocycles. The first-order valence-electron chi connectivity index (χ1n) is 9.55. The van der Waals surface area contributed by atoms with Crippen LogP contribution in [0.4, 0.5) is 0 Å². The number of hydrogen-bond donors (Lipinski definition) is 4. The molecular formula is C16H37NO9P2. The van der Waals surface area contributed by atoms with Crippen LogP contribution >= 0.6 is 15.2 Å². The molecule has 10 nitrogen and oxygen atoms in total. The molecule has 0 unspecified atom stereocenters. The Morgan fingerprint density at radius 2 is 1.07 bits per heavy atom. The molecule has 0 spiro atoms. The van der Waals surface area contributed by atoms with E-state index in [4.69, 9.17) is 18.1 Å². The van der Waals surface area contributed by atoms with Gasteiger partial charge in [-0.3, -0.25) is 9.13 Å². The van der Waals surface area contributed by atoms with Crippen molar-refractivity contribution in [3.8, 4) is 0 Å². The summed E-state index contributed by atoms with van der Waals surface area (Å²) in [6, 6.07) is 0. The number of aliphatic hydroxyl groups excluding tert-OH is 3. The van der Waals surface area contributed by atoms with Crippen LogP contribution in [0.5, 0.6) is 0 Å². The Labute approximate surface area is 168 Å². The molecule has 0 saturated heterocycles. The molecule has 0 aromatic heterocycles. The van der Waals surface area contributed by atoms with Gasteiger partial charge < -0.3 is 38.7 Å². The zero-order valence-corrected chi connectivity index (χ0v) is 19.1. The summed E-state index contributed by atoms with van der Waals surface area (Å²) in [5, 5.41) is 31.4. The quantitative estimate of drug-likeness (QED) is 0.227. The van der Waals surface area contributed by atoms with Crippen molar-refractivity contribution < 1.29 is 42.5 Å². The van der Waals surface area contributed by atoms with Crippen molar-refractivity contribution in [2.24, 2.45) is 5.92 Å². The van der Waals surface area contributed by atoms with Gasteiger partial charge in [-0.05, 0) is 40.2 Å². The molecule has 0 rings (SSSR count). The maximum absolute atomic E-state index is 13.0. The normalized spacial score (nSPS) is 13.4. The molecule has 0 aromatic rings. The molecule has 170 valence electrons. The molecule has 0 aliphatic rings. The summed E-state index contributed by atoms with van der Waals surface area (Å²) in [5.41, 5.74) is -1.33. The average molecular weight is 449 g/mol. The van der Waals surface area contributed by atoms with E-state index in [0.29, 0.717) is 0 Å². The van der Waals surface area contributed by atoms with Gasteiger partial charge >= 0.3 is 15.2 Å². The standard InChI is InChI=1S/C16H37NO9P2/c1-5-23-27(21,24-6-2)10-15(9-17-16(12-18,13-19)14-20)11-28(22,25-7-3)26-8-4/h15,17-20H,5-14H2,1-4H3. The lowest BCUT2D eigenvalue weighted by Gasteiger charge is -2.32. The van der Waals surface area contributed by atoms with Gasteiger partial charge in [0.15, 0.2) is 0 Å². The lowest BCUT2D eigenvalue weighted by Crippen LogP contribution is -2.56. The van der Waals surface area contributed by atoms with Gasteiger partial charge in [-0.15, -0.1) is 0 Å². The monoisotopic (exact) mass is 449 g/mol. The smallest absolute Gasteiger partial charge is 0.331 e. The number of nitrogens with one attached hydrogen (secondary N) is 1. The molecule has 0 amide bonds. The van der Waals surface area contributed by atoms with Gasteiger partial charge in [-0.1, -0.05) is 0 Å². The lowest BCUT2D eigenvalue weighted by molar-refractivity contribution is 0.0406. The minimum absolute atomic E-state index is 0.0653. The van der Waals surface area contributed by atoms with E-state index in [-0.39, 0.29) is 45.3 Å². The molecule has 28 heavy (non-hydrogen) atoms. The fourth-order valence-corrected chi connectivity index (χ4v) is 6.70. The fraction of sp³-hybridized carbons (Fsp3) is 1.00. The van der Waals surface area contributed by atoms with Gasteiger partial charge in [0.2, 0.25) is 0 Å². The molecule has 0 heterocycles. The maximum Gasteiger partial charge on any atom is 0.331 e. The van der Waals surface area contributed by atoms with Crippen molar-refractivity contribution in [1.82, 2.24) is 5.32 Å². The van der Waals surface area contributed by atoms with Crippen LogP contribution < -0.4 is 5.32 Å². The van der Waals surface area contributed by atoms with Gasteiger partial charge in [-0.25, -0.2) is 0 Å². The molecule has 4 N–H and O–H groups in total. The third-order valence-electron chi connectivity index (χ3n) is 3.94. The Balaban J connectivity index is 5.56. The van der Waals surface area contributed by atoms with E-state index >= 15 is 0 Å². The SMILES string of the molecule is CCOP(=O)(CC(CNC(CO)(CO)CO)CP(=O)(OCC)OCC)OCC. The van der Waals surface area contributed by atoms with Crippen molar-refractivity contribution in [2.75, 3.05) is 65.1 Å². The Kier molecular flexibility index (Phi) is 14.3. The van der Waals surface area contributed by atoms with E-state index in [1.807, 2.05) is 0 Å². The average Bonchev–Trinajstić information content (AvgIpc) is 2.63. The van der Waals surface area contributed by atoms with Crippen LogP contribution in [0.3, 0.4) is 0 Å². The predicted molar refractivity (Wildman–Crippen MR) is 107 cm³/mol. The second-order valence-electron chi connectivity index (χ2n) is 6.26. The number of hydrogen-bond acceptors (Lipinski definition) is 10. The lowest BCUT2D eigenvalue weighted by atomic mass is 10.0. The number of rotatable bonds is 18. The van der Waals surface area contributed by atoms with E-state index in [9.17, 15) is 24.4 Å². The van der Waals surface area contributed by atoms with Gasteiger partial charge in [0.1, 0.15) is 0 Å². The summed E-state index contributed by atoms with van der Waals surface area (Å²) in [4.78, 5) is 0. The Morgan fingerprint density at radius 1 is 0.750 bits per heavy atom. The molecule has 0 atom stereocenters. The highest BCUT2D eigenvalue weighted by Gasteiger charge is 2.37. The van der Waals surface area contributed by atoms with E-state index in [0.717, 1.165) is 0 Å². The second-order valence-corrected chi connectivity index (χ2v) is 10.5. The van der Waals surface area contributed by atoms with E-state index < -0.39 is 46.5 Å². The zero-order valence-electron chi connectivity index (χ0n) is 17.3. The van der Waals surface area contributed by atoms with Gasteiger partial charge in [0.25, 0.3) is 0 Å². The molecular weight excluding hydrogens is 412 g/mol. The number of aliphatic hydroxyl groups is 3. The predicted octanol–water partition coefficient (Wildman–Crippen LogP) is 1.44. The highest BCUT2D eigenvalue weighted by Crippen LogP contribution is 2.54. The van der Waals surface area contributed by atoms with Crippen molar-refractivity contribution in [3.63, 3.8) is 0 Å². The molecule has 0 fully saturated rings. The van der Waals surface area contributed by atoms with Crippen LogP contribution in [0.15, 0.2) is 0 Å². The van der Waals surface area contributed by atoms with Crippen LogP contribution in [0.2, 0.25) is 0 Å². The third kappa shape index (κ3) is 9.76. The van der Waals surface area contributed by atoms with Crippen LogP contribution in [0.25, 0.3) is 0 Å². The van der Waals surface area contributed by atoms with Crippen molar-refractivity contribution in [1.29, 1.82) is 0 Å². The van der Waals surface area contributed by atoms with Crippen LogP contribution in [0, 0.1) is 5.92 Å². The molecule has 12 heteroatoms. The molecule has 0 aliphatic carbocycles. The van der Waals surface area contributed by atoms with Crippen molar-refractivity contribution in [3.05, 3.63) is 0 Å². The summed E-state index contributed by atoms with van der Waals surface area (Å²) < 4.78 is 47.3. The Morgan fingerprint density at radius 3 is 1.32 bits per heavy atom. The Hall–Kier alpha value is 0.140. The summed E-state index contributed by atoms with van der Waals surface area (Å²) in [5.74, 6) is -0.558. The summed E-state index contributed by atoms with van der Waals surface area (Å²) in [6.07, 6.45) is -0.131.